The zero-order valence-corrected chi connectivity index (χ0v) is 14.7. The molecule has 1 heterocycles. The summed E-state index contributed by atoms with van der Waals surface area (Å²) in [6.07, 6.45) is 3.47. The van der Waals surface area contributed by atoms with E-state index in [0.29, 0.717) is 12.2 Å². The monoisotopic (exact) mass is 334 g/mol. The molecule has 0 radical (unpaired) electrons. The van der Waals surface area contributed by atoms with Gasteiger partial charge in [-0.25, -0.2) is 4.79 Å². The standard InChI is InChI=1S/C20H22N4O/c1-14-4-7-17(8-5-14)12-24-13-18(11-21-24)22-20(25)23-19-9-6-15(2)10-16(19)3/h4-11,13H,12H2,1-3H3,(H2,22,23,25). The summed E-state index contributed by atoms with van der Waals surface area (Å²) in [6.45, 7) is 6.73. The first-order chi connectivity index (χ1) is 12.0. The van der Waals surface area contributed by atoms with Gasteiger partial charge in [0.15, 0.2) is 0 Å². The zero-order chi connectivity index (χ0) is 17.8. The van der Waals surface area contributed by atoms with E-state index in [9.17, 15) is 4.79 Å². The second-order valence-corrected chi connectivity index (χ2v) is 6.31. The molecule has 0 spiro atoms. The summed E-state index contributed by atoms with van der Waals surface area (Å²) in [5, 5.41) is 9.98. The zero-order valence-electron chi connectivity index (χ0n) is 14.7. The van der Waals surface area contributed by atoms with Gasteiger partial charge >= 0.3 is 6.03 Å². The molecule has 0 aliphatic rings. The number of anilines is 2. The van der Waals surface area contributed by atoms with E-state index >= 15 is 0 Å². The number of carbonyl (C=O) groups excluding carboxylic acids is 1. The minimum atomic E-state index is -0.276. The molecule has 0 saturated carbocycles. The van der Waals surface area contributed by atoms with E-state index in [4.69, 9.17) is 0 Å². The van der Waals surface area contributed by atoms with Gasteiger partial charge in [-0.3, -0.25) is 4.68 Å². The molecular formula is C20H22N4O. The normalized spacial score (nSPS) is 10.5. The first kappa shape index (κ1) is 16.8. The van der Waals surface area contributed by atoms with Gasteiger partial charge in [-0.2, -0.15) is 5.10 Å². The largest absolute Gasteiger partial charge is 0.323 e. The van der Waals surface area contributed by atoms with Crippen LogP contribution in [-0.4, -0.2) is 15.8 Å². The molecule has 0 aliphatic carbocycles. The lowest BCUT2D eigenvalue weighted by Gasteiger charge is -2.09. The fourth-order valence-corrected chi connectivity index (χ4v) is 2.63. The number of rotatable bonds is 4. The number of urea groups is 1. The number of hydrogen-bond acceptors (Lipinski definition) is 2. The maximum absolute atomic E-state index is 12.2. The lowest BCUT2D eigenvalue weighted by Crippen LogP contribution is -2.19. The van der Waals surface area contributed by atoms with Crippen molar-refractivity contribution >= 4 is 17.4 Å². The molecule has 0 bridgehead atoms. The van der Waals surface area contributed by atoms with Crippen molar-refractivity contribution in [2.45, 2.75) is 27.3 Å². The third kappa shape index (κ3) is 4.47. The molecule has 1 aromatic heterocycles. The molecule has 2 aromatic carbocycles. The average Bonchev–Trinajstić information content (AvgIpc) is 2.99. The lowest BCUT2D eigenvalue weighted by atomic mass is 10.1. The average molecular weight is 334 g/mol. The first-order valence-electron chi connectivity index (χ1n) is 8.23. The van der Waals surface area contributed by atoms with Crippen LogP contribution in [0.3, 0.4) is 0 Å². The van der Waals surface area contributed by atoms with Crippen molar-refractivity contribution in [1.82, 2.24) is 9.78 Å². The third-order valence-corrected chi connectivity index (χ3v) is 3.99. The van der Waals surface area contributed by atoms with Crippen LogP contribution in [0, 0.1) is 20.8 Å². The summed E-state index contributed by atoms with van der Waals surface area (Å²) in [4.78, 5) is 12.2. The topological polar surface area (TPSA) is 59.0 Å². The molecule has 5 heteroatoms. The minimum absolute atomic E-state index is 0.276. The van der Waals surface area contributed by atoms with Crippen LogP contribution in [0.2, 0.25) is 0 Å². The van der Waals surface area contributed by atoms with Crippen LogP contribution < -0.4 is 10.6 Å². The van der Waals surface area contributed by atoms with Crippen molar-refractivity contribution < 1.29 is 4.79 Å². The van der Waals surface area contributed by atoms with E-state index in [1.54, 1.807) is 10.9 Å². The van der Waals surface area contributed by atoms with E-state index < -0.39 is 0 Å². The van der Waals surface area contributed by atoms with Crippen LogP contribution >= 0.6 is 0 Å². The molecule has 25 heavy (non-hydrogen) atoms. The highest BCUT2D eigenvalue weighted by atomic mass is 16.2. The molecule has 0 saturated heterocycles. The third-order valence-electron chi connectivity index (χ3n) is 3.99. The first-order valence-corrected chi connectivity index (χ1v) is 8.23. The van der Waals surface area contributed by atoms with Crippen LogP contribution in [0.15, 0.2) is 54.9 Å². The number of aryl methyl sites for hydroxylation is 3. The van der Waals surface area contributed by atoms with Crippen LogP contribution in [-0.2, 0) is 6.54 Å². The summed E-state index contributed by atoms with van der Waals surface area (Å²) in [6, 6.07) is 14.0. The van der Waals surface area contributed by atoms with Gasteiger partial charge in [-0.05, 0) is 38.0 Å². The Morgan fingerprint density at radius 1 is 1.00 bits per heavy atom. The van der Waals surface area contributed by atoms with E-state index in [1.165, 1.54) is 16.7 Å². The van der Waals surface area contributed by atoms with E-state index in [1.807, 2.05) is 38.2 Å². The Bertz CT molecular complexity index is 881. The summed E-state index contributed by atoms with van der Waals surface area (Å²) in [5.74, 6) is 0. The number of amides is 2. The highest BCUT2D eigenvalue weighted by Crippen LogP contribution is 2.16. The van der Waals surface area contributed by atoms with Gasteiger partial charge in [0.25, 0.3) is 0 Å². The highest BCUT2D eigenvalue weighted by Gasteiger charge is 2.07. The quantitative estimate of drug-likeness (QED) is 0.738. The predicted molar refractivity (Wildman–Crippen MR) is 101 cm³/mol. The number of aromatic nitrogens is 2. The van der Waals surface area contributed by atoms with E-state index in [0.717, 1.165) is 11.3 Å². The number of nitrogens with zero attached hydrogens (tertiary/aromatic N) is 2. The van der Waals surface area contributed by atoms with E-state index in [-0.39, 0.29) is 6.03 Å². The van der Waals surface area contributed by atoms with Crippen molar-refractivity contribution in [2.75, 3.05) is 10.6 Å². The Morgan fingerprint density at radius 3 is 2.44 bits per heavy atom. The Morgan fingerprint density at radius 2 is 1.72 bits per heavy atom. The Hall–Kier alpha value is -3.08. The smallest absolute Gasteiger partial charge is 0.307 e. The van der Waals surface area contributed by atoms with Crippen LogP contribution in [0.5, 0.6) is 0 Å². The summed E-state index contributed by atoms with van der Waals surface area (Å²) in [5.41, 5.74) is 6.06. The van der Waals surface area contributed by atoms with Gasteiger partial charge < -0.3 is 10.6 Å². The molecular weight excluding hydrogens is 312 g/mol. The number of nitrogens with one attached hydrogen (secondary N) is 2. The maximum atomic E-state index is 12.2. The van der Waals surface area contributed by atoms with Gasteiger partial charge in [-0.1, -0.05) is 47.5 Å². The van der Waals surface area contributed by atoms with Crippen LogP contribution in [0.1, 0.15) is 22.3 Å². The molecule has 0 atom stereocenters. The molecule has 5 nitrogen and oxygen atoms in total. The molecule has 2 amide bonds. The van der Waals surface area contributed by atoms with Gasteiger partial charge in [0.1, 0.15) is 0 Å². The second kappa shape index (κ2) is 7.21. The van der Waals surface area contributed by atoms with Gasteiger partial charge in [-0.15, -0.1) is 0 Å². The van der Waals surface area contributed by atoms with E-state index in [2.05, 4.69) is 46.9 Å². The van der Waals surface area contributed by atoms with Crippen molar-refractivity contribution in [2.24, 2.45) is 0 Å². The van der Waals surface area contributed by atoms with Crippen LogP contribution in [0.4, 0.5) is 16.2 Å². The molecule has 0 unspecified atom stereocenters. The van der Waals surface area contributed by atoms with Crippen LogP contribution in [0.25, 0.3) is 0 Å². The fourth-order valence-electron chi connectivity index (χ4n) is 2.63. The Labute approximate surface area is 147 Å². The maximum Gasteiger partial charge on any atom is 0.323 e. The molecule has 3 aromatic rings. The summed E-state index contributed by atoms with van der Waals surface area (Å²) >= 11 is 0. The van der Waals surface area contributed by atoms with Crippen molar-refractivity contribution in [3.05, 3.63) is 77.1 Å². The molecule has 0 aliphatic heterocycles. The van der Waals surface area contributed by atoms with Gasteiger partial charge in [0.05, 0.1) is 18.4 Å². The van der Waals surface area contributed by atoms with Crippen molar-refractivity contribution in [3.8, 4) is 0 Å². The molecule has 128 valence electrons. The number of carbonyl (C=O) groups is 1. The number of hydrogen-bond donors (Lipinski definition) is 2. The molecule has 2 N–H and O–H groups in total. The Kier molecular flexibility index (Phi) is 4.84. The van der Waals surface area contributed by atoms with Gasteiger partial charge in [0, 0.05) is 11.9 Å². The fraction of sp³-hybridized carbons (Fsp3) is 0.200. The SMILES string of the molecule is Cc1ccc(Cn2cc(NC(=O)Nc3ccc(C)cc3C)cn2)cc1. The second-order valence-electron chi connectivity index (χ2n) is 6.31. The highest BCUT2D eigenvalue weighted by molar-refractivity contribution is 6.00. The van der Waals surface area contributed by atoms with Gasteiger partial charge in [0.2, 0.25) is 0 Å². The number of benzene rings is 2. The van der Waals surface area contributed by atoms with Crippen molar-refractivity contribution in [3.63, 3.8) is 0 Å². The summed E-state index contributed by atoms with van der Waals surface area (Å²) in [7, 11) is 0. The Balaban J connectivity index is 1.60. The molecule has 3 rings (SSSR count). The minimum Gasteiger partial charge on any atom is -0.307 e. The summed E-state index contributed by atoms with van der Waals surface area (Å²) < 4.78 is 1.80. The van der Waals surface area contributed by atoms with Crippen molar-refractivity contribution in [1.29, 1.82) is 0 Å². The predicted octanol–water partition coefficient (Wildman–Crippen LogP) is 4.50. The lowest BCUT2D eigenvalue weighted by molar-refractivity contribution is 0.262. The molecule has 0 fully saturated rings.